The molecule has 2 aromatic heterocycles. The van der Waals surface area contributed by atoms with E-state index < -0.39 is 0 Å². The third kappa shape index (κ3) is 3.65. The number of ether oxygens (including phenoxy) is 1. The van der Waals surface area contributed by atoms with Crippen LogP contribution in [0.15, 0.2) is 18.6 Å². The SMILES string of the molecule is COC(=O)C1CCC(NC(=O)c2cnc3c(c2)ncn3C(C)C)CC1. The maximum Gasteiger partial charge on any atom is 0.308 e. The van der Waals surface area contributed by atoms with Crippen molar-refractivity contribution < 1.29 is 14.3 Å². The third-order valence-corrected chi connectivity index (χ3v) is 4.83. The summed E-state index contributed by atoms with van der Waals surface area (Å²) in [5.74, 6) is -0.341. The van der Waals surface area contributed by atoms with Crippen LogP contribution in [0, 0.1) is 5.92 Å². The van der Waals surface area contributed by atoms with Gasteiger partial charge in [0.1, 0.15) is 5.52 Å². The zero-order valence-electron chi connectivity index (χ0n) is 14.9. The molecule has 1 fully saturated rings. The molecule has 1 amide bonds. The van der Waals surface area contributed by atoms with Crippen LogP contribution in [-0.4, -0.2) is 39.6 Å². The Balaban J connectivity index is 1.64. The molecule has 7 nitrogen and oxygen atoms in total. The maximum atomic E-state index is 12.5. The Labute approximate surface area is 146 Å². The fourth-order valence-electron chi connectivity index (χ4n) is 3.33. The molecule has 0 spiro atoms. The van der Waals surface area contributed by atoms with Gasteiger partial charge in [-0.1, -0.05) is 0 Å². The average molecular weight is 344 g/mol. The molecule has 3 rings (SSSR count). The molecule has 0 aliphatic heterocycles. The van der Waals surface area contributed by atoms with Crippen LogP contribution in [0.3, 0.4) is 0 Å². The van der Waals surface area contributed by atoms with E-state index in [1.165, 1.54) is 7.11 Å². The van der Waals surface area contributed by atoms with Gasteiger partial charge in [-0.25, -0.2) is 9.97 Å². The first-order valence-corrected chi connectivity index (χ1v) is 8.71. The fraction of sp³-hybridized carbons (Fsp3) is 0.556. The second-order valence-corrected chi connectivity index (χ2v) is 6.86. The summed E-state index contributed by atoms with van der Waals surface area (Å²) in [6.07, 6.45) is 6.39. The summed E-state index contributed by atoms with van der Waals surface area (Å²) in [6.45, 7) is 4.13. The van der Waals surface area contributed by atoms with Crippen molar-refractivity contribution in [2.75, 3.05) is 7.11 Å². The van der Waals surface area contributed by atoms with E-state index in [1.807, 2.05) is 4.57 Å². The molecule has 1 aliphatic carbocycles. The molecule has 0 aromatic carbocycles. The van der Waals surface area contributed by atoms with Gasteiger partial charge in [-0.05, 0) is 45.6 Å². The van der Waals surface area contributed by atoms with Crippen LogP contribution in [0.25, 0.3) is 11.2 Å². The fourth-order valence-corrected chi connectivity index (χ4v) is 3.33. The van der Waals surface area contributed by atoms with Crippen LogP contribution in [0.5, 0.6) is 0 Å². The molecule has 2 heterocycles. The summed E-state index contributed by atoms with van der Waals surface area (Å²) < 4.78 is 6.77. The van der Waals surface area contributed by atoms with Crippen LogP contribution in [0.2, 0.25) is 0 Å². The standard InChI is InChI=1S/C18H24N4O3/c1-11(2)22-10-20-15-8-13(9-19-16(15)22)17(23)21-14-6-4-12(5-7-14)18(24)25-3/h8-12,14H,4-7H2,1-3H3,(H,21,23). The van der Waals surface area contributed by atoms with E-state index in [0.717, 1.165) is 36.8 Å². The minimum atomic E-state index is -0.153. The van der Waals surface area contributed by atoms with Crippen LogP contribution < -0.4 is 5.32 Å². The Hall–Kier alpha value is -2.44. The Morgan fingerprint density at radius 3 is 2.60 bits per heavy atom. The van der Waals surface area contributed by atoms with E-state index in [-0.39, 0.29) is 29.9 Å². The molecule has 25 heavy (non-hydrogen) atoms. The number of pyridine rings is 1. The molecule has 0 unspecified atom stereocenters. The van der Waals surface area contributed by atoms with Crippen molar-refractivity contribution in [3.63, 3.8) is 0 Å². The number of carbonyl (C=O) groups excluding carboxylic acids is 2. The van der Waals surface area contributed by atoms with Gasteiger partial charge in [-0.2, -0.15) is 0 Å². The van der Waals surface area contributed by atoms with Gasteiger partial charge in [0.15, 0.2) is 5.65 Å². The van der Waals surface area contributed by atoms with Gasteiger partial charge in [0, 0.05) is 18.3 Å². The van der Waals surface area contributed by atoms with Crippen molar-refractivity contribution in [3.05, 3.63) is 24.2 Å². The summed E-state index contributed by atoms with van der Waals surface area (Å²) in [6, 6.07) is 2.12. The lowest BCUT2D eigenvalue weighted by Crippen LogP contribution is -2.38. The number of esters is 1. The molecule has 7 heteroatoms. The molecular weight excluding hydrogens is 320 g/mol. The summed E-state index contributed by atoms with van der Waals surface area (Å²) in [7, 11) is 1.42. The van der Waals surface area contributed by atoms with Gasteiger partial charge in [-0.15, -0.1) is 0 Å². The molecule has 1 aliphatic rings. The zero-order chi connectivity index (χ0) is 18.0. The average Bonchev–Trinajstić information content (AvgIpc) is 3.05. The minimum Gasteiger partial charge on any atom is -0.469 e. The number of aromatic nitrogens is 3. The van der Waals surface area contributed by atoms with Crippen molar-refractivity contribution >= 4 is 23.0 Å². The smallest absolute Gasteiger partial charge is 0.308 e. The van der Waals surface area contributed by atoms with E-state index in [4.69, 9.17) is 4.74 Å². The number of hydrogen-bond donors (Lipinski definition) is 1. The molecule has 0 saturated heterocycles. The molecule has 2 aromatic rings. The molecular formula is C18H24N4O3. The van der Waals surface area contributed by atoms with Gasteiger partial charge >= 0.3 is 5.97 Å². The predicted octanol–water partition coefficient (Wildman–Crippen LogP) is 2.47. The second kappa shape index (κ2) is 7.21. The molecule has 0 atom stereocenters. The lowest BCUT2D eigenvalue weighted by Gasteiger charge is -2.27. The number of hydrogen-bond acceptors (Lipinski definition) is 5. The van der Waals surface area contributed by atoms with Crippen molar-refractivity contribution in [3.8, 4) is 0 Å². The number of carbonyl (C=O) groups is 2. The first-order valence-electron chi connectivity index (χ1n) is 8.71. The predicted molar refractivity (Wildman–Crippen MR) is 93.1 cm³/mol. The summed E-state index contributed by atoms with van der Waals surface area (Å²) in [4.78, 5) is 32.8. The van der Waals surface area contributed by atoms with Crippen molar-refractivity contribution in [2.24, 2.45) is 5.92 Å². The Bertz CT molecular complexity index is 776. The quantitative estimate of drug-likeness (QED) is 0.861. The van der Waals surface area contributed by atoms with Crippen LogP contribution in [-0.2, 0) is 9.53 Å². The zero-order valence-corrected chi connectivity index (χ0v) is 14.9. The number of amides is 1. The number of nitrogens with zero attached hydrogens (tertiary/aromatic N) is 3. The lowest BCUT2D eigenvalue weighted by atomic mass is 9.86. The Morgan fingerprint density at radius 2 is 1.96 bits per heavy atom. The lowest BCUT2D eigenvalue weighted by molar-refractivity contribution is -0.146. The van der Waals surface area contributed by atoms with Gasteiger partial charge < -0.3 is 14.6 Å². The largest absolute Gasteiger partial charge is 0.469 e. The maximum absolute atomic E-state index is 12.5. The third-order valence-electron chi connectivity index (χ3n) is 4.83. The van der Waals surface area contributed by atoms with E-state index in [0.29, 0.717) is 5.56 Å². The molecule has 1 saturated carbocycles. The number of fused-ring (bicyclic) bond motifs is 1. The highest BCUT2D eigenvalue weighted by atomic mass is 16.5. The molecule has 1 N–H and O–H groups in total. The first kappa shape index (κ1) is 17.4. The van der Waals surface area contributed by atoms with Crippen molar-refractivity contribution in [1.29, 1.82) is 0 Å². The Kier molecular flexibility index (Phi) is 5.01. The number of rotatable bonds is 4. The van der Waals surface area contributed by atoms with Gasteiger partial charge in [0.25, 0.3) is 5.91 Å². The minimum absolute atomic E-state index is 0.0452. The molecule has 134 valence electrons. The monoisotopic (exact) mass is 344 g/mol. The van der Waals surface area contributed by atoms with Crippen LogP contribution in [0.1, 0.15) is 55.9 Å². The van der Waals surface area contributed by atoms with E-state index >= 15 is 0 Å². The highest BCUT2D eigenvalue weighted by Crippen LogP contribution is 2.25. The van der Waals surface area contributed by atoms with Gasteiger partial charge in [0.2, 0.25) is 0 Å². The highest BCUT2D eigenvalue weighted by molar-refractivity contribution is 5.96. The Morgan fingerprint density at radius 1 is 1.24 bits per heavy atom. The topological polar surface area (TPSA) is 86.1 Å². The summed E-state index contributed by atoms with van der Waals surface area (Å²) >= 11 is 0. The van der Waals surface area contributed by atoms with E-state index in [9.17, 15) is 9.59 Å². The number of nitrogens with one attached hydrogen (secondary N) is 1. The number of methoxy groups -OCH3 is 1. The van der Waals surface area contributed by atoms with Gasteiger partial charge in [-0.3, -0.25) is 9.59 Å². The molecule has 0 bridgehead atoms. The highest BCUT2D eigenvalue weighted by Gasteiger charge is 2.28. The summed E-state index contributed by atoms with van der Waals surface area (Å²) in [5, 5.41) is 3.04. The first-order chi connectivity index (χ1) is 12.0. The van der Waals surface area contributed by atoms with Crippen molar-refractivity contribution in [1.82, 2.24) is 19.9 Å². The van der Waals surface area contributed by atoms with Crippen molar-refractivity contribution in [2.45, 2.75) is 51.6 Å². The van der Waals surface area contributed by atoms with Gasteiger partial charge in [0.05, 0.1) is 24.9 Å². The molecule has 0 radical (unpaired) electrons. The summed E-state index contributed by atoms with van der Waals surface area (Å²) in [5.41, 5.74) is 2.01. The van der Waals surface area contributed by atoms with Crippen LogP contribution in [0.4, 0.5) is 0 Å². The van der Waals surface area contributed by atoms with E-state index in [1.54, 1.807) is 18.6 Å². The normalized spacial score (nSPS) is 20.6. The van der Waals surface area contributed by atoms with Crippen LogP contribution >= 0.6 is 0 Å². The van der Waals surface area contributed by atoms with E-state index in [2.05, 4.69) is 29.1 Å². The second-order valence-electron chi connectivity index (χ2n) is 6.86. The number of imidazole rings is 1.